The van der Waals surface area contributed by atoms with Gasteiger partial charge in [-0.05, 0) is 34.5 Å². The van der Waals surface area contributed by atoms with Crippen LogP contribution in [0.2, 0.25) is 5.02 Å². The molecule has 4 aromatic rings. The Balaban J connectivity index is 1.36. The van der Waals surface area contributed by atoms with Gasteiger partial charge in [0, 0.05) is 10.8 Å². The molecule has 0 aliphatic heterocycles. The lowest BCUT2D eigenvalue weighted by atomic mass is 10.1. The third-order valence-electron chi connectivity index (χ3n) is 3.84. The van der Waals surface area contributed by atoms with Crippen molar-refractivity contribution in [3.8, 4) is 5.75 Å². The van der Waals surface area contributed by atoms with Gasteiger partial charge >= 0.3 is 0 Å². The van der Waals surface area contributed by atoms with Crippen LogP contribution >= 0.6 is 23.4 Å². The molecule has 0 amide bonds. The smallest absolute Gasteiger partial charge is 0.277 e. The van der Waals surface area contributed by atoms with Crippen LogP contribution < -0.4 is 4.74 Å². The number of benzene rings is 3. The van der Waals surface area contributed by atoms with Crippen LogP contribution in [0.4, 0.5) is 0 Å². The monoisotopic (exact) mass is 382 g/mol. The molecule has 4 nitrogen and oxygen atoms in total. The zero-order chi connectivity index (χ0) is 17.8. The van der Waals surface area contributed by atoms with Crippen molar-refractivity contribution in [3.05, 3.63) is 83.2 Å². The Morgan fingerprint density at radius 3 is 2.62 bits per heavy atom. The fraction of sp³-hybridized carbons (Fsp3) is 0.100. The highest BCUT2D eigenvalue weighted by molar-refractivity contribution is 7.98. The molecule has 0 N–H and O–H groups in total. The first-order valence-electron chi connectivity index (χ1n) is 8.08. The van der Waals surface area contributed by atoms with E-state index in [1.54, 1.807) is 0 Å². The third kappa shape index (κ3) is 4.00. The van der Waals surface area contributed by atoms with Gasteiger partial charge in [0.05, 0.1) is 0 Å². The molecule has 0 unspecified atom stereocenters. The van der Waals surface area contributed by atoms with Crippen molar-refractivity contribution in [2.75, 3.05) is 0 Å². The van der Waals surface area contributed by atoms with Crippen molar-refractivity contribution in [3.63, 3.8) is 0 Å². The zero-order valence-electron chi connectivity index (χ0n) is 13.8. The van der Waals surface area contributed by atoms with Gasteiger partial charge in [-0.15, -0.1) is 10.2 Å². The largest absolute Gasteiger partial charge is 0.484 e. The third-order valence-corrected chi connectivity index (χ3v) is 5.08. The molecule has 0 aliphatic carbocycles. The Morgan fingerprint density at radius 1 is 0.923 bits per heavy atom. The number of nitrogens with zero attached hydrogens (tertiary/aromatic N) is 2. The highest BCUT2D eigenvalue weighted by Gasteiger charge is 2.09. The Morgan fingerprint density at radius 2 is 1.73 bits per heavy atom. The van der Waals surface area contributed by atoms with Crippen LogP contribution in [0.1, 0.15) is 11.5 Å². The second-order valence-electron chi connectivity index (χ2n) is 5.64. The van der Waals surface area contributed by atoms with Crippen LogP contribution in [0.5, 0.6) is 5.75 Å². The van der Waals surface area contributed by atoms with Gasteiger partial charge in [-0.1, -0.05) is 71.9 Å². The van der Waals surface area contributed by atoms with Crippen molar-refractivity contribution in [1.29, 1.82) is 0 Å². The molecule has 0 fully saturated rings. The summed E-state index contributed by atoms with van der Waals surface area (Å²) >= 11 is 7.61. The highest BCUT2D eigenvalue weighted by atomic mass is 35.5. The van der Waals surface area contributed by atoms with Gasteiger partial charge in [-0.2, -0.15) is 0 Å². The Hall–Kier alpha value is -2.50. The van der Waals surface area contributed by atoms with Crippen LogP contribution in [0.25, 0.3) is 10.8 Å². The van der Waals surface area contributed by atoms with Crippen LogP contribution in [0, 0.1) is 0 Å². The predicted molar refractivity (Wildman–Crippen MR) is 104 cm³/mol. The first kappa shape index (κ1) is 16.9. The van der Waals surface area contributed by atoms with Crippen molar-refractivity contribution in [2.45, 2.75) is 17.6 Å². The van der Waals surface area contributed by atoms with E-state index < -0.39 is 0 Å². The van der Waals surface area contributed by atoms with Crippen molar-refractivity contribution in [1.82, 2.24) is 10.2 Å². The number of fused-ring (bicyclic) bond motifs is 1. The lowest BCUT2D eigenvalue weighted by molar-refractivity contribution is 0.252. The number of thioether (sulfide) groups is 1. The molecule has 26 heavy (non-hydrogen) atoms. The molecule has 0 bridgehead atoms. The maximum absolute atomic E-state index is 6.15. The summed E-state index contributed by atoms with van der Waals surface area (Å²) in [5, 5.41) is 11.6. The van der Waals surface area contributed by atoms with Gasteiger partial charge in [0.2, 0.25) is 0 Å². The molecule has 0 saturated carbocycles. The first-order chi connectivity index (χ1) is 12.8. The van der Waals surface area contributed by atoms with E-state index in [2.05, 4.69) is 22.3 Å². The van der Waals surface area contributed by atoms with E-state index in [1.807, 2.05) is 54.6 Å². The van der Waals surface area contributed by atoms with E-state index in [0.29, 0.717) is 16.9 Å². The van der Waals surface area contributed by atoms with Gasteiger partial charge in [-0.3, -0.25) is 0 Å². The van der Waals surface area contributed by atoms with Gasteiger partial charge in [0.25, 0.3) is 11.1 Å². The maximum atomic E-state index is 6.15. The Kier molecular flexibility index (Phi) is 5.09. The number of aromatic nitrogens is 2. The molecule has 0 aliphatic rings. The average molecular weight is 383 g/mol. The summed E-state index contributed by atoms with van der Waals surface area (Å²) in [4.78, 5) is 0. The normalized spacial score (nSPS) is 11.0. The number of hydrogen-bond acceptors (Lipinski definition) is 5. The Bertz CT molecular complexity index is 1030. The van der Waals surface area contributed by atoms with E-state index in [1.165, 1.54) is 17.1 Å². The molecule has 1 heterocycles. The lowest BCUT2D eigenvalue weighted by Gasteiger charge is -2.04. The minimum Gasteiger partial charge on any atom is -0.484 e. The quantitative estimate of drug-likeness (QED) is 0.397. The topological polar surface area (TPSA) is 48.2 Å². The molecule has 3 aromatic carbocycles. The van der Waals surface area contributed by atoms with Crippen LogP contribution in [-0.2, 0) is 12.4 Å². The number of ether oxygens (including phenoxy) is 1. The standard InChI is InChI=1S/C20H15ClN2O2S/c21-18-8-4-3-7-16(18)13-26-20-23-22-19(25-20)12-24-17-10-9-14-5-1-2-6-15(14)11-17/h1-11H,12-13H2. The molecular weight excluding hydrogens is 368 g/mol. The van der Waals surface area contributed by atoms with E-state index in [9.17, 15) is 0 Å². The van der Waals surface area contributed by atoms with E-state index in [0.717, 1.165) is 21.7 Å². The van der Waals surface area contributed by atoms with Crippen LogP contribution in [0.3, 0.4) is 0 Å². The minimum atomic E-state index is 0.234. The number of hydrogen-bond donors (Lipinski definition) is 0. The molecule has 0 spiro atoms. The van der Waals surface area contributed by atoms with Crippen LogP contribution in [0.15, 0.2) is 76.4 Å². The maximum Gasteiger partial charge on any atom is 0.277 e. The highest BCUT2D eigenvalue weighted by Crippen LogP contribution is 2.26. The van der Waals surface area contributed by atoms with Crippen molar-refractivity contribution >= 4 is 34.1 Å². The minimum absolute atomic E-state index is 0.234. The number of halogens is 1. The van der Waals surface area contributed by atoms with E-state index in [4.69, 9.17) is 20.8 Å². The van der Waals surface area contributed by atoms with Gasteiger partial charge in [-0.25, -0.2) is 0 Å². The summed E-state index contributed by atoms with van der Waals surface area (Å²) in [6, 6.07) is 21.8. The fourth-order valence-corrected chi connectivity index (χ4v) is 3.58. The summed E-state index contributed by atoms with van der Waals surface area (Å²) in [6.07, 6.45) is 0. The predicted octanol–water partition coefficient (Wildman–Crippen LogP) is 5.75. The second kappa shape index (κ2) is 7.81. The summed E-state index contributed by atoms with van der Waals surface area (Å²) in [7, 11) is 0. The van der Waals surface area contributed by atoms with Crippen molar-refractivity contribution < 1.29 is 9.15 Å². The van der Waals surface area contributed by atoms with Gasteiger partial charge in [0.15, 0.2) is 6.61 Å². The average Bonchev–Trinajstić information content (AvgIpc) is 3.13. The molecule has 0 saturated heterocycles. The first-order valence-corrected chi connectivity index (χ1v) is 9.44. The molecular formula is C20H15ClN2O2S. The Labute approximate surface area is 160 Å². The molecule has 1 aromatic heterocycles. The number of rotatable bonds is 6. The summed E-state index contributed by atoms with van der Waals surface area (Å²) in [5.74, 6) is 1.89. The SMILES string of the molecule is Clc1ccccc1CSc1nnc(COc2ccc3ccccc3c2)o1. The molecule has 130 valence electrons. The second-order valence-corrected chi connectivity index (χ2v) is 6.97. The summed E-state index contributed by atoms with van der Waals surface area (Å²) < 4.78 is 11.4. The van der Waals surface area contributed by atoms with E-state index in [-0.39, 0.29) is 6.61 Å². The summed E-state index contributed by atoms with van der Waals surface area (Å²) in [6.45, 7) is 0.234. The molecule has 6 heteroatoms. The molecule has 4 rings (SSSR count). The fourth-order valence-electron chi connectivity index (χ4n) is 2.51. The summed E-state index contributed by atoms with van der Waals surface area (Å²) in [5.41, 5.74) is 1.03. The zero-order valence-corrected chi connectivity index (χ0v) is 15.3. The molecule has 0 atom stereocenters. The van der Waals surface area contributed by atoms with Gasteiger partial charge in [0.1, 0.15) is 5.75 Å². The van der Waals surface area contributed by atoms with Crippen LogP contribution in [-0.4, -0.2) is 10.2 Å². The molecule has 0 radical (unpaired) electrons. The van der Waals surface area contributed by atoms with Crippen molar-refractivity contribution in [2.24, 2.45) is 0 Å². The van der Waals surface area contributed by atoms with E-state index >= 15 is 0 Å². The van der Waals surface area contributed by atoms with Gasteiger partial charge < -0.3 is 9.15 Å². The lowest BCUT2D eigenvalue weighted by Crippen LogP contribution is -1.95.